The van der Waals surface area contributed by atoms with Crippen LogP contribution in [0.4, 0.5) is 26.3 Å². The lowest BCUT2D eigenvalue weighted by Gasteiger charge is -2.25. The highest BCUT2D eigenvalue weighted by Crippen LogP contribution is 2.39. The van der Waals surface area contributed by atoms with Gasteiger partial charge < -0.3 is 4.74 Å². The van der Waals surface area contributed by atoms with Gasteiger partial charge in [0.15, 0.2) is 6.61 Å². The Morgan fingerprint density at radius 1 is 1.21 bits per heavy atom. The monoisotopic (exact) mass is 418 g/mol. The van der Waals surface area contributed by atoms with Crippen LogP contribution < -0.4 is 4.74 Å². The van der Waals surface area contributed by atoms with E-state index in [1.807, 2.05) is 0 Å². The third-order valence-corrected chi connectivity index (χ3v) is 3.19. The molecule has 1 aromatic rings. The minimum Gasteiger partial charge on any atom is -0.486 e. The Labute approximate surface area is 123 Å². The first-order valence-electron chi connectivity index (χ1n) is 4.69. The molecule has 0 saturated carbocycles. The summed E-state index contributed by atoms with van der Waals surface area (Å²) in [7, 11) is 0. The van der Waals surface area contributed by atoms with E-state index < -0.39 is 24.9 Å². The van der Waals surface area contributed by atoms with Crippen molar-refractivity contribution in [3.05, 3.63) is 26.8 Å². The standard InChI is InChI=1S/C10H6ClF6IO/c11-5-1-2-6(18)7(3-5)19-4-9(14,15)10(16,17)8(12)13/h1-3,8H,4H2. The molecule has 0 saturated heterocycles. The number of alkyl halides is 6. The molecule has 0 aromatic heterocycles. The summed E-state index contributed by atoms with van der Waals surface area (Å²) >= 11 is 7.27. The van der Waals surface area contributed by atoms with Crippen molar-refractivity contribution in [2.45, 2.75) is 18.3 Å². The van der Waals surface area contributed by atoms with Gasteiger partial charge in [0, 0.05) is 5.02 Å². The lowest BCUT2D eigenvalue weighted by molar-refractivity contribution is -0.271. The van der Waals surface area contributed by atoms with Crippen LogP contribution in [-0.4, -0.2) is 24.9 Å². The molecule has 0 bridgehead atoms. The van der Waals surface area contributed by atoms with Gasteiger partial charge >= 0.3 is 18.3 Å². The van der Waals surface area contributed by atoms with Crippen molar-refractivity contribution in [2.24, 2.45) is 0 Å². The van der Waals surface area contributed by atoms with Crippen molar-refractivity contribution in [3.8, 4) is 5.75 Å². The molecule has 1 rings (SSSR count). The molecule has 0 atom stereocenters. The molecule has 0 N–H and O–H groups in total. The van der Waals surface area contributed by atoms with Gasteiger partial charge in [0.2, 0.25) is 0 Å². The second-order valence-corrected chi connectivity index (χ2v) is 5.09. The SMILES string of the molecule is FC(F)C(F)(F)C(F)(F)COc1cc(Cl)ccc1I. The van der Waals surface area contributed by atoms with E-state index in [-0.39, 0.29) is 10.8 Å². The molecule has 0 fully saturated rings. The van der Waals surface area contributed by atoms with E-state index in [0.717, 1.165) is 6.07 Å². The third kappa shape index (κ3) is 3.80. The van der Waals surface area contributed by atoms with Gasteiger partial charge in [-0.25, -0.2) is 8.78 Å². The predicted molar refractivity (Wildman–Crippen MR) is 65.6 cm³/mol. The molecule has 0 amide bonds. The zero-order valence-electron chi connectivity index (χ0n) is 8.95. The molecule has 9 heteroatoms. The number of rotatable bonds is 5. The summed E-state index contributed by atoms with van der Waals surface area (Å²) in [5.74, 6) is -10.6. The van der Waals surface area contributed by atoms with Crippen LogP contribution in [0.5, 0.6) is 5.75 Å². The van der Waals surface area contributed by atoms with E-state index in [1.54, 1.807) is 22.6 Å². The first-order chi connectivity index (χ1) is 8.58. The summed E-state index contributed by atoms with van der Waals surface area (Å²) in [6.45, 7) is -1.87. The Balaban J connectivity index is 2.83. The van der Waals surface area contributed by atoms with Gasteiger partial charge in [-0.2, -0.15) is 17.6 Å². The fourth-order valence-electron chi connectivity index (χ4n) is 1.01. The van der Waals surface area contributed by atoms with Crippen LogP contribution in [0, 0.1) is 3.57 Å². The van der Waals surface area contributed by atoms with Gasteiger partial charge in [-0.15, -0.1) is 0 Å². The molecule has 108 valence electrons. The Morgan fingerprint density at radius 2 is 1.79 bits per heavy atom. The normalized spacial score (nSPS) is 12.9. The van der Waals surface area contributed by atoms with Crippen molar-refractivity contribution in [1.29, 1.82) is 0 Å². The number of hydrogen-bond acceptors (Lipinski definition) is 1. The summed E-state index contributed by atoms with van der Waals surface area (Å²) in [5, 5.41) is 0.138. The predicted octanol–water partition coefficient (Wildman–Crippen LogP) is 4.86. The van der Waals surface area contributed by atoms with E-state index in [9.17, 15) is 26.3 Å². The molecule has 0 aliphatic heterocycles. The van der Waals surface area contributed by atoms with E-state index in [4.69, 9.17) is 11.6 Å². The number of halogens is 8. The first-order valence-corrected chi connectivity index (χ1v) is 6.15. The molecule has 0 spiro atoms. The van der Waals surface area contributed by atoms with Gasteiger partial charge in [0.05, 0.1) is 3.57 Å². The molecular weight excluding hydrogens is 412 g/mol. The minimum atomic E-state index is -5.46. The molecular formula is C10H6ClF6IO. The van der Waals surface area contributed by atoms with Crippen LogP contribution in [0.2, 0.25) is 5.02 Å². The molecule has 0 heterocycles. The molecule has 19 heavy (non-hydrogen) atoms. The maximum absolute atomic E-state index is 13.0. The summed E-state index contributed by atoms with van der Waals surface area (Å²) < 4.78 is 79.7. The summed E-state index contributed by atoms with van der Waals surface area (Å²) in [6, 6.07) is 3.96. The van der Waals surface area contributed by atoms with E-state index >= 15 is 0 Å². The van der Waals surface area contributed by atoms with Crippen LogP contribution in [0.25, 0.3) is 0 Å². The first kappa shape index (κ1) is 16.7. The van der Waals surface area contributed by atoms with E-state index in [0.29, 0.717) is 3.57 Å². The lowest BCUT2D eigenvalue weighted by Crippen LogP contribution is -2.50. The maximum Gasteiger partial charge on any atom is 0.372 e. The van der Waals surface area contributed by atoms with Crippen LogP contribution in [-0.2, 0) is 0 Å². The molecule has 0 unspecified atom stereocenters. The second-order valence-electron chi connectivity index (χ2n) is 3.49. The Morgan fingerprint density at radius 3 is 2.32 bits per heavy atom. The zero-order valence-corrected chi connectivity index (χ0v) is 11.9. The lowest BCUT2D eigenvalue weighted by atomic mass is 10.2. The average Bonchev–Trinajstić information content (AvgIpc) is 2.30. The fraction of sp³-hybridized carbons (Fsp3) is 0.400. The third-order valence-electron chi connectivity index (χ3n) is 2.06. The number of hydrogen-bond donors (Lipinski definition) is 0. The summed E-state index contributed by atoms with van der Waals surface area (Å²) in [5.41, 5.74) is 0. The summed E-state index contributed by atoms with van der Waals surface area (Å²) in [4.78, 5) is 0. The van der Waals surface area contributed by atoms with Gasteiger partial charge in [0.1, 0.15) is 5.75 Å². The van der Waals surface area contributed by atoms with Crippen molar-refractivity contribution in [3.63, 3.8) is 0 Å². The largest absolute Gasteiger partial charge is 0.486 e. The molecule has 0 aliphatic carbocycles. The zero-order chi connectivity index (χ0) is 14.8. The molecule has 0 radical (unpaired) electrons. The van der Waals surface area contributed by atoms with Gasteiger partial charge in [-0.05, 0) is 40.8 Å². The Kier molecular flexibility index (Phi) is 5.21. The molecule has 0 aliphatic rings. The van der Waals surface area contributed by atoms with Crippen molar-refractivity contribution >= 4 is 34.2 Å². The van der Waals surface area contributed by atoms with Crippen LogP contribution in [0.3, 0.4) is 0 Å². The van der Waals surface area contributed by atoms with E-state index in [1.165, 1.54) is 12.1 Å². The van der Waals surface area contributed by atoms with Crippen LogP contribution in [0.15, 0.2) is 18.2 Å². The van der Waals surface area contributed by atoms with Gasteiger partial charge in [-0.3, -0.25) is 0 Å². The highest BCUT2D eigenvalue weighted by molar-refractivity contribution is 14.1. The van der Waals surface area contributed by atoms with Crippen LogP contribution in [0.1, 0.15) is 0 Å². The smallest absolute Gasteiger partial charge is 0.372 e. The highest BCUT2D eigenvalue weighted by Gasteiger charge is 2.63. The summed E-state index contributed by atoms with van der Waals surface area (Å²) in [6.07, 6.45) is -4.48. The fourth-order valence-corrected chi connectivity index (χ4v) is 1.67. The molecule has 1 aromatic carbocycles. The highest BCUT2D eigenvalue weighted by atomic mass is 127. The van der Waals surface area contributed by atoms with Crippen molar-refractivity contribution in [2.75, 3.05) is 6.61 Å². The Hall–Kier alpha value is -0.380. The van der Waals surface area contributed by atoms with Crippen molar-refractivity contribution < 1.29 is 31.1 Å². The quantitative estimate of drug-likeness (QED) is 0.490. The maximum atomic E-state index is 13.0. The van der Waals surface area contributed by atoms with Gasteiger partial charge in [-0.1, -0.05) is 11.6 Å². The van der Waals surface area contributed by atoms with Gasteiger partial charge in [0.25, 0.3) is 0 Å². The number of benzene rings is 1. The van der Waals surface area contributed by atoms with Crippen LogP contribution >= 0.6 is 34.2 Å². The topological polar surface area (TPSA) is 9.23 Å². The Bertz CT molecular complexity index is 454. The van der Waals surface area contributed by atoms with Crippen molar-refractivity contribution in [1.82, 2.24) is 0 Å². The minimum absolute atomic E-state index is 0.138. The number of ether oxygens (including phenoxy) is 1. The van der Waals surface area contributed by atoms with E-state index in [2.05, 4.69) is 4.74 Å². The second kappa shape index (κ2) is 5.94. The molecule has 1 nitrogen and oxygen atoms in total. The average molecular weight is 419 g/mol.